The van der Waals surface area contributed by atoms with E-state index in [1.807, 2.05) is 56.0 Å². The molecule has 1 amide bonds. The minimum atomic E-state index is -0.493. The number of rotatable bonds is 4. The van der Waals surface area contributed by atoms with Gasteiger partial charge in [-0.05, 0) is 63.9 Å². The molecule has 8 nitrogen and oxygen atoms in total. The molecule has 188 valence electrons. The maximum absolute atomic E-state index is 15.0. The van der Waals surface area contributed by atoms with Crippen molar-refractivity contribution < 1.29 is 13.9 Å². The lowest BCUT2D eigenvalue weighted by atomic mass is 10.00. The van der Waals surface area contributed by atoms with Crippen molar-refractivity contribution in [2.45, 2.75) is 40.2 Å². The predicted molar refractivity (Wildman–Crippen MR) is 138 cm³/mol. The summed E-state index contributed by atoms with van der Waals surface area (Å²) in [7, 11) is 0. The van der Waals surface area contributed by atoms with Gasteiger partial charge in [-0.15, -0.1) is 0 Å². The number of nitrogens with one attached hydrogen (secondary N) is 1. The van der Waals surface area contributed by atoms with Crippen LogP contribution in [0.4, 0.5) is 15.8 Å². The highest BCUT2D eigenvalue weighted by Crippen LogP contribution is 2.34. The maximum Gasteiger partial charge on any atom is 0.275 e. The van der Waals surface area contributed by atoms with Crippen molar-refractivity contribution in [1.29, 1.82) is 0 Å². The number of hydrogen-bond acceptors (Lipinski definition) is 5. The van der Waals surface area contributed by atoms with Gasteiger partial charge in [0.05, 0.1) is 36.6 Å². The number of morpholine rings is 1. The molecule has 3 aromatic heterocycles. The van der Waals surface area contributed by atoms with Crippen LogP contribution in [-0.2, 0) is 10.3 Å². The van der Waals surface area contributed by atoms with E-state index in [1.54, 1.807) is 18.6 Å². The van der Waals surface area contributed by atoms with E-state index in [0.29, 0.717) is 13.2 Å². The zero-order valence-electron chi connectivity index (χ0n) is 21.3. The molecule has 4 aromatic rings. The Hall–Kier alpha value is -3.72. The van der Waals surface area contributed by atoms with E-state index in [-0.39, 0.29) is 16.9 Å². The van der Waals surface area contributed by atoms with Crippen molar-refractivity contribution in [3.63, 3.8) is 0 Å². The lowest BCUT2D eigenvalue weighted by Gasteiger charge is -2.29. The van der Waals surface area contributed by atoms with E-state index in [2.05, 4.69) is 21.3 Å². The summed E-state index contributed by atoms with van der Waals surface area (Å²) < 4.78 is 24.4. The summed E-state index contributed by atoms with van der Waals surface area (Å²) >= 11 is 0. The molecule has 1 N–H and O–H groups in total. The second kappa shape index (κ2) is 9.05. The number of halogens is 1. The molecule has 0 saturated carbocycles. The van der Waals surface area contributed by atoms with Crippen LogP contribution in [0, 0.1) is 19.7 Å². The summed E-state index contributed by atoms with van der Waals surface area (Å²) in [5, 5.41) is 2.71. The van der Waals surface area contributed by atoms with Crippen LogP contribution < -0.4 is 10.2 Å². The van der Waals surface area contributed by atoms with E-state index >= 15 is 0 Å². The number of carbonyl (C=O) groups is 1. The number of ether oxygens (including phenoxy) is 1. The fourth-order valence-corrected chi connectivity index (χ4v) is 4.46. The van der Waals surface area contributed by atoms with Gasteiger partial charge in [-0.1, -0.05) is 0 Å². The van der Waals surface area contributed by atoms with Crippen LogP contribution in [0.25, 0.3) is 16.8 Å². The van der Waals surface area contributed by atoms with Crippen molar-refractivity contribution in [2.75, 3.05) is 36.5 Å². The highest BCUT2D eigenvalue weighted by atomic mass is 19.1. The molecule has 1 fully saturated rings. The number of anilines is 2. The monoisotopic (exact) mass is 490 g/mol. The van der Waals surface area contributed by atoms with E-state index < -0.39 is 11.7 Å². The zero-order valence-corrected chi connectivity index (χ0v) is 21.3. The van der Waals surface area contributed by atoms with Crippen LogP contribution in [0.2, 0.25) is 0 Å². The van der Waals surface area contributed by atoms with Gasteiger partial charge in [-0.3, -0.25) is 4.79 Å². The van der Waals surface area contributed by atoms with Crippen LogP contribution >= 0.6 is 0 Å². The largest absolute Gasteiger partial charge is 0.378 e. The third-order valence-corrected chi connectivity index (χ3v) is 6.47. The van der Waals surface area contributed by atoms with Gasteiger partial charge in [-0.25, -0.2) is 14.4 Å². The van der Waals surface area contributed by atoms with Gasteiger partial charge in [0.25, 0.3) is 5.91 Å². The van der Waals surface area contributed by atoms with Crippen LogP contribution in [0.3, 0.4) is 0 Å². The van der Waals surface area contributed by atoms with E-state index in [1.165, 1.54) is 6.07 Å². The zero-order chi connectivity index (χ0) is 25.6. The third kappa shape index (κ3) is 4.58. The Labute approximate surface area is 209 Å². The second-order valence-corrected chi connectivity index (χ2v) is 10.3. The molecule has 36 heavy (non-hydrogen) atoms. The van der Waals surface area contributed by atoms with E-state index in [9.17, 15) is 9.18 Å². The minimum absolute atomic E-state index is 0.112. The molecular formula is C27H31FN6O2. The number of benzene rings is 1. The van der Waals surface area contributed by atoms with Crippen molar-refractivity contribution in [3.05, 3.63) is 65.9 Å². The first-order chi connectivity index (χ1) is 17.1. The summed E-state index contributed by atoms with van der Waals surface area (Å²) in [5.41, 5.74) is 5.44. The Kier molecular flexibility index (Phi) is 6.04. The first-order valence-electron chi connectivity index (χ1n) is 12.1. The lowest BCUT2D eigenvalue weighted by Crippen LogP contribution is -2.36. The molecule has 9 heteroatoms. The van der Waals surface area contributed by atoms with Crippen molar-refractivity contribution >= 4 is 22.9 Å². The fourth-order valence-electron chi connectivity index (χ4n) is 4.46. The van der Waals surface area contributed by atoms with E-state index in [0.717, 1.165) is 46.8 Å². The number of nitrogens with zero attached hydrogens (tertiary/aromatic N) is 5. The standard InChI is InChI=1S/C27H31FN6O2/c1-17-10-21(28)22(31-26(35)23-15-34(16-29-23)27(3,4)5)12-20(17)19-11-24(32-6-8-36-9-7-32)25-30-18(2)13-33(25)14-19/h10-16H,6-9H2,1-5H3,(H,31,35). The average molecular weight is 491 g/mol. The molecule has 5 rings (SSSR count). The van der Waals surface area contributed by atoms with Crippen LogP contribution in [0.15, 0.2) is 43.1 Å². The normalized spacial score (nSPS) is 14.4. The molecule has 0 atom stereocenters. The number of aromatic nitrogens is 4. The molecule has 1 saturated heterocycles. The molecular weight excluding hydrogens is 459 g/mol. The SMILES string of the molecule is Cc1cn2cc(-c3cc(NC(=O)c4cn(C(C)(C)C)cn4)c(F)cc3C)cc(N3CCOCC3)c2n1. The quantitative estimate of drug-likeness (QED) is 0.445. The first kappa shape index (κ1) is 24.0. The van der Waals surface area contributed by atoms with Crippen LogP contribution in [-0.4, -0.2) is 51.1 Å². The summed E-state index contributed by atoms with van der Waals surface area (Å²) in [6, 6.07) is 5.23. The highest BCUT2D eigenvalue weighted by molar-refractivity contribution is 6.03. The summed E-state index contributed by atoms with van der Waals surface area (Å²) in [5.74, 6) is -0.950. The number of carbonyl (C=O) groups excluding carboxylic acids is 1. The maximum atomic E-state index is 15.0. The van der Waals surface area contributed by atoms with Crippen LogP contribution in [0.1, 0.15) is 42.5 Å². The number of pyridine rings is 1. The molecule has 0 unspecified atom stereocenters. The lowest BCUT2D eigenvalue weighted by molar-refractivity contribution is 0.102. The molecule has 0 bridgehead atoms. The third-order valence-electron chi connectivity index (χ3n) is 6.47. The molecule has 1 aromatic carbocycles. The number of hydrogen-bond donors (Lipinski definition) is 1. The number of fused-ring (bicyclic) bond motifs is 1. The van der Waals surface area contributed by atoms with Gasteiger partial charge in [0.2, 0.25) is 0 Å². The Morgan fingerprint density at radius 1 is 1.08 bits per heavy atom. The van der Waals surface area contributed by atoms with E-state index in [4.69, 9.17) is 9.72 Å². The average Bonchev–Trinajstić information content (AvgIpc) is 3.47. The van der Waals surface area contributed by atoms with Gasteiger partial charge in [0, 0.05) is 42.8 Å². The second-order valence-electron chi connectivity index (χ2n) is 10.3. The van der Waals surface area contributed by atoms with Crippen molar-refractivity contribution in [2.24, 2.45) is 0 Å². The molecule has 1 aliphatic rings. The number of imidazole rings is 2. The Morgan fingerprint density at radius 3 is 2.53 bits per heavy atom. The van der Waals surface area contributed by atoms with Crippen LogP contribution in [0.5, 0.6) is 0 Å². The van der Waals surface area contributed by atoms with Gasteiger partial charge in [0.15, 0.2) is 5.65 Å². The topological polar surface area (TPSA) is 76.7 Å². The van der Waals surface area contributed by atoms with Gasteiger partial charge in [0.1, 0.15) is 11.5 Å². The smallest absolute Gasteiger partial charge is 0.275 e. The summed E-state index contributed by atoms with van der Waals surface area (Å²) in [6.07, 6.45) is 7.26. The first-order valence-corrected chi connectivity index (χ1v) is 12.1. The number of amides is 1. The predicted octanol–water partition coefficient (Wildman–Crippen LogP) is 4.80. The molecule has 0 aliphatic carbocycles. The van der Waals surface area contributed by atoms with Crippen molar-refractivity contribution in [1.82, 2.24) is 18.9 Å². The van der Waals surface area contributed by atoms with Crippen molar-refractivity contribution in [3.8, 4) is 11.1 Å². The Bertz CT molecular complexity index is 1440. The fraction of sp³-hybridized carbons (Fsp3) is 0.370. The highest BCUT2D eigenvalue weighted by Gasteiger charge is 2.21. The number of aryl methyl sites for hydroxylation is 2. The molecule has 0 radical (unpaired) electrons. The molecule has 4 heterocycles. The van der Waals surface area contributed by atoms with Gasteiger partial charge in [-0.2, -0.15) is 0 Å². The summed E-state index contributed by atoms with van der Waals surface area (Å²) in [6.45, 7) is 12.8. The van der Waals surface area contributed by atoms with Gasteiger partial charge < -0.3 is 23.9 Å². The molecule has 0 spiro atoms. The Morgan fingerprint density at radius 2 is 1.83 bits per heavy atom. The minimum Gasteiger partial charge on any atom is -0.378 e. The Balaban J connectivity index is 1.53. The van der Waals surface area contributed by atoms with Gasteiger partial charge >= 0.3 is 0 Å². The summed E-state index contributed by atoms with van der Waals surface area (Å²) in [4.78, 5) is 24.1. The molecule has 1 aliphatic heterocycles.